The minimum atomic E-state index is -1.02. The highest BCUT2D eigenvalue weighted by molar-refractivity contribution is 5.87. The topological polar surface area (TPSA) is 57.6 Å². The van der Waals surface area contributed by atoms with Crippen molar-refractivity contribution in [3.63, 3.8) is 0 Å². The molecule has 2 unspecified atom stereocenters. The van der Waals surface area contributed by atoms with Crippen molar-refractivity contribution in [2.24, 2.45) is 0 Å². The second-order valence-corrected chi connectivity index (χ2v) is 6.08. The lowest BCUT2D eigenvalue weighted by Gasteiger charge is -2.31. The number of aliphatic carboxylic acids is 1. The first-order valence-corrected chi connectivity index (χ1v) is 7.54. The van der Waals surface area contributed by atoms with E-state index in [2.05, 4.69) is 19.1 Å². The van der Waals surface area contributed by atoms with E-state index in [0.29, 0.717) is 25.3 Å². The van der Waals surface area contributed by atoms with Crippen LogP contribution in [0, 0.1) is 0 Å². The van der Waals surface area contributed by atoms with Gasteiger partial charge in [0.05, 0.1) is 0 Å². The number of amides is 1. The van der Waals surface area contributed by atoms with Crippen LogP contribution in [0.1, 0.15) is 51.0 Å². The molecule has 1 fully saturated rings. The van der Waals surface area contributed by atoms with Gasteiger partial charge in [-0.15, -0.1) is 0 Å². The van der Waals surface area contributed by atoms with Gasteiger partial charge in [-0.3, -0.25) is 4.79 Å². The van der Waals surface area contributed by atoms with Gasteiger partial charge in [-0.2, -0.15) is 0 Å². The van der Waals surface area contributed by atoms with Crippen molar-refractivity contribution >= 4 is 11.9 Å². The van der Waals surface area contributed by atoms with E-state index >= 15 is 0 Å². The highest BCUT2D eigenvalue weighted by Gasteiger charge is 2.45. The molecule has 0 saturated carbocycles. The van der Waals surface area contributed by atoms with Crippen LogP contribution in [0.2, 0.25) is 0 Å². The Kier molecular flexibility index (Phi) is 4.66. The maximum absolute atomic E-state index is 12.4. The van der Waals surface area contributed by atoms with Gasteiger partial charge in [-0.25, -0.2) is 4.79 Å². The number of carbonyl (C=O) groups is 2. The van der Waals surface area contributed by atoms with E-state index in [9.17, 15) is 14.7 Å². The fourth-order valence-electron chi connectivity index (χ4n) is 3.01. The molecule has 1 N–H and O–H groups in total. The molecule has 0 aliphatic carbocycles. The molecule has 0 bridgehead atoms. The SMILES string of the molecule is CC(CCC(=O)N1CCCC1(C)C(=O)O)c1ccccc1. The molecular weight excluding hydrogens is 266 g/mol. The van der Waals surface area contributed by atoms with Crippen LogP contribution in [0.15, 0.2) is 30.3 Å². The predicted molar refractivity (Wildman–Crippen MR) is 81.1 cm³/mol. The van der Waals surface area contributed by atoms with E-state index in [-0.39, 0.29) is 5.91 Å². The minimum absolute atomic E-state index is 0.0415. The van der Waals surface area contributed by atoms with Gasteiger partial charge >= 0.3 is 5.97 Å². The lowest BCUT2D eigenvalue weighted by Crippen LogP contribution is -2.50. The number of carbonyl (C=O) groups excluding carboxylic acids is 1. The van der Waals surface area contributed by atoms with Crippen LogP contribution in [0.3, 0.4) is 0 Å². The average Bonchev–Trinajstić information content (AvgIpc) is 2.89. The molecule has 0 aromatic heterocycles. The van der Waals surface area contributed by atoms with Crippen LogP contribution in [0.4, 0.5) is 0 Å². The molecule has 2 atom stereocenters. The molecule has 1 aliphatic heterocycles. The van der Waals surface area contributed by atoms with Crippen molar-refractivity contribution in [1.29, 1.82) is 0 Å². The predicted octanol–water partition coefficient (Wildman–Crippen LogP) is 3.04. The summed E-state index contributed by atoms with van der Waals surface area (Å²) in [4.78, 5) is 25.3. The normalized spacial score (nSPS) is 23.0. The Morgan fingerprint density at radius 1 is 1.33 bits per heavy atom. The number of nitrogens with zero attached hydrogens (tertiary/aromatic N) is 1. The summed E-state index contributed by atoms with van der Waals surface area (Å²) in [6, 6.07) is 10.1. The van der Waals surface area contributed by atoms with Crippen LogP contribution in [-0.4, -0.2) is 34.0 Å². The summed E-state index contributed by atoms with van der Waals surface area (Å²) in [6.07, 6.45) is 2.46. The van der Waals surface area contributed by atoms with Gasteiger partial charge in [0.2, 0.25) is 5.91 Å². The first-order valence-electron chi connectivity index (χ1n) is 7.54. The summed E-state index contributed by atoms with van der Waals surface area (Å²) in [5.41, 5.74) is 0.195. The number of benzene rings is 1. The van der Waals surface area contributed by atoms with Crippen LogP contribution in [0.5, 0.6) is 0 Å². The van der Waals surface area contributed by atoms with Gasteiger partial charge in [0, 0.05) is 13.0 Å². The van der Waals surface area contributed by atoms with E-state index in [1.54, 1.807) is 11.8 Å². The Balaban J connectivity index is 1.94. The third kappa shape index (κ3) is 3.26. The highest BCUT2D eigenvalue weighted by atomic mass is 16.4. The smallest absolute Gasteiger partial charge is 0.329 e. The second kappa shape index (κ2) is 6.29. The quantitative estimate of drug-likeness (QED) is 0.906. The van der Waals surface area contributed by atoms with Crippen LogP contribution < -0.4 is 0 Å². The van der Waals surface area contributed by atoms with E-state index < -0.39 is 11.5 Å². The lowest BCUT2D eigenvalue weighted by atomic mass is 9.95. The Bertz CT molecular complexity index is 514. The highest BCUT2D eigenvalue weighted by Crippen LogP contribution is 2.31. The van der Waals surface area contributed by atoms with E-state index in [4.69, 9.17) is 0 Å². The standard InChI is InChI=1S/C17H23NO3/c1-13(14-7-4-3-5-8-14)9-10-15(19)18-12-6-11-17(18,2)16(20)21/h3-5,7-8,13H,6,9-12H2,1-2H3,(H,20,21). The summed E-state index contributed by atoms with van der Waals surface area (Å²) in [6.45, 7) is 4.31. The number of carboxylic acids is 1. The molecule has 0 spiro atoms. The van der Waals surface area contributed by atoms with Gasteiger partial charge < -0.3 is 10.0 Å². The molecule has 1 saturated heterocycles. The van der Waals surface area contributed by atoms with Gasteiger partial charge in [-0.1, -0.05) is 37.3 Å². The third-order valence-corrected chi connectivity index (χ3v) is 4.56. The third-order valence-electron chi connectivity index (χ3n) is 4.56. The van der Waals surface area contributed by atoms with Crippen LogP contribution >= 0.6 is 0 Å². The Hall–Kier alpha value is -1.84. The van der Waals surface area contributed by atoms with E-state index in [1.807, 2.05) is 18.2 Å². The molecule has 114 valence electrons. The number of hydrogen-bond acceptors (Lipinski definition) is 2. The number of carboxylic acid groups (broad SMARTS) is 1. The molecule has 2 rings (SSSR count). The molecule has 1 heterocycles. The largest absolute Gasteiger partial charge is 0.480 e. The second-order valence-electron chi connectivity index (χ2n) is 6.08. The molecule has 1 aromatic rings. The minimum Gasteiger partial charge on any atom is -0.480 e. The molecule has 1 aliphatic rings. The Labute approximate surface area is 125 Å². The first-order chi connectivity index (χ1) is 9.95. The zero-order valence-corrected chi connectivity index (χ0v) is 12.7. The summed E-state index contributed by atoms with van der Waals surface area (Å²) >= 11 is 0. The molecule has 1 amide bonds. The zero-order chi connectivity index (χ0) is 15.5. The van der Waals surface area contributed by atoms with Crippen molar-refractivity contribution in [3.8, 4) is 0 Å². The number of likely N-dealkylation sites (tertiary alicyclic amines) is 1. The fourth-order valence-corrected chi connectivity index (χ4v) is 3.01. The fraction of sp³-hybridized carbons (Fsp3) is 0.529. The molecule has 4 heteroatoms. The maximum atomic E-state index is 12.4. The van der Waals surface area contributed by atoms with Crippen LogP contribution in [-0.2, 0) is 9.59 Å². The van der Waals surface area contributed by atoms with Crippen molar-refractivity contribution in [2.75, 3.05) is 6.54 Å². The Morgan fingerprint density at radius 2 is 2.00 bits per heavy atom. The number of rotatable bonds is 5. The molecular formula is C17H23NO3. The van der Waals surface area contributed by atoms with Crippen molar-refractivity contribution in [2.45, 2.75) is 51.0 Å². The summed E-state index contributed by atoms with van der Waals surface area (Å²) in [5.74, 6) is -0.640. The van der Waals surface area contributed by atoms with Gasteiger partial charge in [0.15, 0.2) is 0 Å². The number of hydrogen-bond donors (Lipinski definition) is 1. The summed E-state index contributed by atoms with van der Waals surface area (Å²) in [7, 11) is 0. The van der Waals surface area contributed by atoms with Gasteiger partial charge in [0.25, 0.3) is 0 Å². The maximum Gasteiger partial charge on any atom is 0.329 e. The zero-order valence-electron chi connectivity index (χ0n) is 12.7. The van der Waals surface area contributed by atoms with Gasteiger partial charge in [0.1, 0.15) is 5.54 Å². The lowest BCUT2D eigenvalue weighted by molar-refractivity contribution is -0.155. The van der Waals surface area contributed by atoms with Crippen molar-refractivity contribution < 1.29 is 14.7 Å². The van der Waals surface area contributed by atoms with Crippen LogP contribution in [0.25, 0.3) is 0 Å². The molecule has 21 heavy (non-hydrogen) atoms. The summed E-state index contributed by atoms with van der Waals surface area (Å²) in [5, 5.41) is 9.35. The Morgan fingerprint density at radius 3 is 2.62 bits per heavy atom. The van der Waals surface area contributed by atoms with E-state index in [1.165, 1.54) is 5.56 Å². The molecule has 1 aromatic carbocycles. The monoisotopic (exact) mass is 289 g/mol. The van der Waals surface area contributed by atoms with E-state index in [0.717, 1.165) is 12.8 Å². The molecule has 4 nitrogen and oxygen atoms in total. The molecule has 0 radical (unpaired) electrons. The summed E-state index contributed by atoms with van der Waals surface area (Å²) < 4.78 is 0. The average molecular weight is 289 g/mol. The van der Waals surface area contributed by atoms with Crippen molar-refractivity contribution in [3.05, 3.63) is 35.9 Å². The van der Waals surface area contributed by atoms with Gasteiger partial charge in [-0.05, 0) is 37.7 Å². The van der Waals surface area contributed by atoms with Crippen molar-refractivity contribution in [1.82, 2.24) is 4.90 Å². The first kappa shape index (κ1) is 15.5.